The molecule has 8 heteroatoms. The SMILES string of the molecule is CC(C)(C)OC(=O)N1CCC(c2cc(=O)[nH]c3c(C(=N)C4CCCC4)cnn23)CC1. The first-order chi connectivity index (χ1) is 14.2. The van der Waals surface area contributed by atoms with Gasteiger partial charge in [0.25, 0.3) is 5.56 Å². The molecule has 0 aromatic carbocycles. The molecule has 2 fully saturated rings. The maximum atomic E-state index is 12.4. The summed E-state index contributed by atoms with van der Waals surface area (Å²) in [4.78, 5) is 29.4. The molecule has 1 saturated carbocycles. The summed E-state index contributed by atoms with van der Waals surface area (Å²) in [5.41, 5.74) is 2.09. The lowest BCUT2D eigenvalue weighted by atomic mass is 9.93. The van der Waals surface area contributed by atoms with E-state index in [2.05, 4.69) is 10.1 Å². The maximum absolute atomic E-state index is 12.4. The van der Waals surface area contributed by atoms with Crippen LogP contribution in [-0.4, -0.2) is 50.0 Å². The molecule has 2 aliphatic rings. The van der Waals surface area contributed by atoms with Crippen LogP contribution < -0.4 is 5.56 Å². The van der Waals surface area contributed by atoms with Gasteiger partial charge in [-0.25, -0.2) is 9.31 Å². The van der Waals surface area contributed by atoms with Crippen LogP contribution in [0.5, 0.6) is 0 Å². The molecule has 4 rings (SSSR count). The number of rotatable bonds is 3. The number of hydrogen-bond acceptors (Lipinski definition) is 5. The number of carbonyl (C=O) groups is 1. The van der Waals surface area contributed by atoms with Gasteiger partial charge in [-0.2, -0.15) is 5.10 Å². The highest BCUT2D eigenvalue weighted by molar-refractivity contribution is 6.04. The van der Waals surface area contributed by atoms with Gasteiger partial charge in [0.2, 0.25) is 0 Å². The lowest BCUT2D eigenvalue weighted by molar-refractivity contribution is 0.0203. The first-order valence-electron chi connectivity index (χ1n) is 10.9. The molecule has 1 amide bonds. The lowest BCUT2D eigenvalue weighted by Crippen LogP contribution is -2.41. The highest BCUT2D eigenvalue weighted by Crippen LogP contribution is 2.31. The molecular formula is C22H31N5O3. The Morgan fingerprint density at radius 2 is 1.87 bits per heavy atom. The minimum Gasteiger partial charge on any atom is -0.444 e. The van der Waals surface area contributed by atoms with Crippen molar-refractivity contribution in [3.63, 3.8) is 0 Å². The van der Waals surface area contributed by atoms with E-state index in [9.17, 15) is 9.59 Å². The largest absolute Gasteiger partial charge is 0.444 e. The monoisotopic (exact) mass is 413 g/mol. The first kappa shape index (κ1) is 20.6. The summed E-state index contributed by atoms with van der Waals surface area (Å²) in [7, 11) is 0. The number of nitrogens with zero attached hydrogens (tertiary/aromatic N) is 3. The number of amides is 1. The van der Waals surface area contributed by atoms with Gasteiger partial charge in [-0.05, 0) is 46.5 Å². The third-order valence-corrected chi connectivity index (χ3v) is 6.15. The van der Waals surface area contributed by atoms with E-state index in [-0.39, 0.29) is 23.5 Å². The van der Waals surface area contributed by atoms with Gasteiger partial charge in [0, 0.05) is 36.7 Å². The van der Waals surface area contributed by atoms with Gasteiger partial charge >= 0.3 is 6.09 Å². The van der Waals surface area contributed by atoms with Crippen molar-refractivity contribution in [1.82, 2.24) is 19.5 Å². The van der Waals surface area contributed by atoms with E-state index in [1.807, 2.05) is 20.8 Å². The topological polar surface area (TPSA) is 104 Å². The summed E-state index contributed by atoms with van der Waals surface area (Å²) in [5, 5.41) is 13.2. The average Bonchev–Trinajstić information content (AvgIpc) is 3.36. The van der Waals surface area contributed by atoms with Crippen LogP contribution in [-0.2, 0) is 4.74 Å². The predicted octanol–water partition coefficient (Wildman–Crippen LogP) is 3.70. The van der Waals surface area contributed by atoms with E-state index < -0.39 is 5.60 Å². The third kappa shape index (κ3) is 4.13. The standard InChI is InChI=1S/C22H31N5O3/c1-22(2,3)30-21(29)26-10-8-14(9-11-26)17-12-18(28)25-20-16(13-24-27(17)20)19(23)15-6-4-5-7-15/h12-15,23H,4-11H2,1-3H3,(H,25,28). The van der Waals surface area contributed by atoms with Gasteiger partial charge in [-0.3, -0.25) is 4.79 Å². The van der Waals surface area contributed by atoms with Crippen LogP contribution in [0.3, 0.4) is 0 Å². The molecule has 30 heavy (non-hydrogen) atoms. The number of likely N-dealkylation sites (tertiary alicyclic amines) is 1. The van der Waals surface area contributed by atoms with Crippen molar-refractivity contribution < 1.29 is 9.53 Å². The summed E-state index contributed by atoms with van der Waals surface area (Å²) in [5.74, 6) is 0.379. The number of H-pyrrole nitrogens is 1. The molecule has 0 unspecified atom stereocenters. The second kappa shape index (κ2) is 7.89. The molecule has 3 heterocycles. The van der Waals surface area contributed by atoms with Crippen LogP contribution in [0.2, 0.25) is 0 Å². The van der Waals surface area contributed by atoms with Crippen LogP contribution in [0, 0.1) is 11.3 Å². The second-order valence-electron chi connectivity index (χ2n) is 9.51. The Bertz CT molecular complexity index is 1000. The number of piperidine rings is 1. The molecule has 0 bridgehead atoms. The fourth-order valence-electron chi connectivity index (χ4n) is 4.62. The van der Waals surface area contributed by atoms with Crippen LogP contribution >= 0.6 is 0 Å². The zero-order chi connectivity index (χ0) is 21.5. The summed E-state index contributed by atoms with van der Waals surface area (Å²) < 4.78 is 7.26. The number of aromatic nitrogens is 3. The highest BCUT2D eigenvalue weighted by Gasteiger charge is 2.30. The van der Waals surface area contributed by atoms with Crippen molar-refractivity contribution in [2.45, 2.75) is 70.8 Å². The lowest BCUT2D eigenvalue weighted by Gasteiger charge is -2.33. The molecular weight excluding hydrogens is 382 g/mol. The second-order valence-corrected chi connectivity index (χ2v) is 9.51. The number of fused-ring (bicyclic) bond motifs is 1. The summed E-state index contributed by atoms with van der Waals surface area (Å²) in [6.45, 7) is 6.76. The molecule has 2 N–H and O–H groups in total. The van der Waals surface area contributed by atoms with Crippen molar-refractivity contribution >= 4 is 17.5 Å². The van der Waals surface area contributed by atoms with Crippen molar-refractivity contribution in [3.8, 4) is 0 Å². The molecule has 2 aromatic rings. The van der Waals surface area contributed by atoms with E-state index in [0.717, 1.165) is 49.8 Å². The normalized spacial score (nSPS) is 18.8. The van der Waals surface area contributed by atoms with Crippen molar-refractivity contribution in [2.24, 2.45) is 5.92 Å². The maximum Gasteiger partial charge on any atom is 0.410 e. The zero-order valence-corrected chi connectivity index (χ0v) is 18.0. The smallest absolute Gasteiger partial charge is 0.410 e. The number of hydrogen-bond donors (Lipinski definition) is 2. The van der Waals surface area contributed by atoms with E-state index >= 15 is 0 Å². The summed E-state index contributed by atoms with van der Waals surface area (Å²) in [6.07, 6.45) is 7.29. The van der Waals surface area contributed by atoms with Crippen molar-refractivity contribution in [2.75, 3.05) is 13.1 Å². The zero-order valence-electron chi connectivity index (χ0n) is 18.0. The van der Waals surface area contributed by atoms with Crippen LogP contribution in [0.4, 0.5) is 4.79 Å². The molecule has 162 valence electrons. The Labute approximate surface area is 176 Å². The Hall–Kier alpha value is -2.64. The highest BCUT2D eigenvalue weighted by atomic mass is 16.6. The van der Waals surface area contributed by atoms with Crippen LogP contribution in [0.15, 0.2) is 17.1 Å². The summed E-state index contributed by atoms with van der Waals surface area (Å²) in [6, 6.07) is 1.61. The molecule has 0 atom stereocenters. The fourth-order valence-corrected chi connectivity index (χ4v) is 4.62. The fraction of sp³-hybridized carbons (Fsp3) is 0.636. The predicted molar refractivity (Wildman–Crippen MR) is 114 cm³/mol. The molecule has 1 saturated heterocycles. The van der Waals surface area contributed by atoms with Crippen LogP contribution in [0.1, 0.15) is 76.5 Å². The molecule has 8 nitrogen and oxygen atoms in total. The average molecular weight is 414 g/mol. The van der Waals surface area contributed by atoms with Gasteiger partial charge in [-0.1, -0.05) is 12.8 Å². The number of carbonyl (C=O) groups excluding carboxylic acids is 1. The van der Waals surface area contributed by atoms with E-state index in [0.29, 0.717) is 24.4 Å². The Balaban J connectivity index is 1.55. The van der Waals surface area contributed by atoms with Gasteiger partial charge in [0.05, 0.1) is 17.5 Å². The minimum atomic E-state index is -0.512. The van der Waals surface area contributed by atoms with E-state index in [4.69, 9.17) is 10.1 Å². The van der Waals surface area contributed by atoms with Gasteiger partial charge in [0.1, 0.15) is 11.2 Å². The minimum absolute atomic E-state index is 0.127. The number of nitrogens with one attached hydrogen (secondary N) is 2. The molecule has 2 aromatic heterocycles. The van der Waals surface area contributed by atoms with E-state index in [1.54, 1.807) is 21.7 Å². The third-order valence-electron chi connectivity index (χ3n) is 6.15. The molecule has 0 spiro atoms. The summed E-state index contributed by atoms with van der Waals surface area (Å²) >= 11 is 0. The molecule has 1 aliphatic carbocycles. The van der Waals surface area contributed by atoms with Crippen molar-refractivity contribution in [3.05, 3.63) is 33.9 Å². The van der Waals surface area contributed by atoms with Crippen LogP contribution in [0.25, 0.3) is 5.65 Å². The Morgan fingerprint density at radius 3 is 2.50 bits per heavy atom. The molecule has 0 radical (unpaired) electrons. The number of aromatic amines is 1. The first-order valence-corrected chi connectivity index (χ1v) is 10.9. The quantitative estimate of drug-likeness (QED) is 0.749. The van der Waals surface area contributed by atoms with Crippen molar-refractivity contribution in [1.29, 1.82) is 5.41 Å². The van der Waals surface area contributed by atoms with Gasteiger partial charge in [0.15, 0.2) is 0 Å². The Kier molecular flexibility index (Phi) is 5.42. The number of ether oxygens (including phenoxy) is 1. The van der Waals surface area contributed by atoms with Gasteiger partial charge < -0.3 is 20.0 Å². The van der Waals surface area contributed by atoms with E-state index in [1.165, 1.54) is 0 Å². The molecule has 1 aliphatic heterocycles. The van der Waals surface area contributed by atoms with Gasteiger partial charge in [-0.15, -0.1) is 0 Å². The Morgan fingerprint density at radius 1 is 1.20 bits per heavy atom.